The van der Waals surface area contributed by atoms with Gasteiger partial charge in [-0.05, 0) is 37.5 Å². The van der Waals surface area contributed by atoms with Gasteiger partial charge in [0.1, 0.15) is 11.8 Å². The van der Waals surface area contributed by atoms with E-state index in [2.05, 4.69) is 15.4 Å². The first kappa shape index (κ1) is 15.2. The highest BCUT2D eigenvalue weighted by molar-refractivity contribution is 5.97. The molecular formula is C14H16F2N2O3. The standard InChI is InChI=1S/C14H16F2N2O3/c15-14(16)21-10-5-3-4-9(8-10)12(19)18-11-6-1-2-7-17-13(11)20/h3-5,8,11,14H,1-2,6-7H2,(H,17,20)(H,18,19). The average molecular weight is 298 g/mol. The van der Waals surface area contributed by atoms with Crippen LogP contribution in [0.3, 0.4) is 0 Å². The van der Waals surface area contributed by atoms with E-state index in [1.54, 1.807) is 0 Å². The van der Waals surface area contributed by atoms with Crippen LogP contribution >= 0.6 is 0 Å². The van der Waals surface area contributed by atoms with Crippen LogP contribution < -0.4 is 15.4 Å². The number of hydrogen-bond acceptors (Lipinski definition) is 3. The molecule has 114 valence electrons. The maximum absolute atomic E-state index is 12.1. The molecule has 0 aliphatic carbocycles. The second-order valence-corrected chi connectivity index (χ2v) is 4.72. The van der Waals surface area contributed by atoms with Crippen molar-refractivity contribution in [1.29, 1.82) is 0 Å². The van der Waals surface area contributed by atoms with Crippen molar-refractivity contribution < 1.29 is 23.1 Å². The fourth-order valence-corrected chi connectivity index (χ4v) is 2.13. The van der Waals surface area contributed by atoms with Crippen LogP contribution in [0.15, 0.2) is 24.3 Å². The molecule has 5 nitrogen and oxygen atoms in total. The topological polar surface area (TPSA) is 67.4 Å². The summed E-state index contributed by atoms with van der Waals surface area (Å²) in [5, 5.41) is 5.32. The normalized spacial score (nSPS) is 18.8. The Balaban J connectivity index is 2.03. The Labute approximate surface area is 120 Å². The fourth-order valence-electron chi connectivity index (χ4n) is 2.13. The zero-order chi connectivity index (χ0) is 15.2. The summed E-state index contributed by atoms with van der Waals surface area (Å²) in [4.78, 5) is 23.8. The van der Waals surface area contributed by atoms with E-state index < -0.39 is 18.6 Å². The maximum Gasteiger partial charge on any atom is 0.387 e. The first-order chi connectivity index (χ1) is 10.1. The number of hydrogen-bond donors (Lipinski definition) is 2. The van der Waals surface area contributed by atoms with Crippen LogP contribution in [0.2, 0.25) is 0 Å². The molecule has 1 aliphatic rings. The lowest BCUT2D eigenvalue weighted by Crippen LogP contribution is -2.45. The molecule has 0 aromatic heterocycles. The molecule has 2 N–H and O–H groups in total. The van der Waals surface area contributed by atoms with E-state index in [1.807, 2.05) is 0 Å². The van der Waals surface area contributed by atoms with Crippen LogP contribution in [0.25, 0.3) is 0 Å². The predicted molar refractivity (Wildman–Crippen MR) is 71.2 cm³/mol. The first-order valence-corrected chi connectivity index (χ1v) is 6.70. The van der Waals surface area contributed by atoms with E-state index >= 15 is 0 Å². The Morgan fingerprint density at radius 2 is 2.19 bits per heavy atom. The Hall–Kier alpha value is -2.18. The summed E-state index contributed by atoms with van der Waals surface area (Å²) < 4.78 is 28.5. The number of benzene rings is 1. The van der Waals surface area contributed by atoms with E-state index in [4.69, 9.17) is 0 Å². The van der Waals surface area contributed by atoms with E-state index in [0.717, 1.165) is 12.8 Å². The molecule has 2 rings (SSSR count). The van der Waals surface area contributed by atoms with Gasteiger partial charge in [0, 0.05) is 12.1 Å². The summed E-state index contributed by atoms with van der Waals surface area (Å²) in [7, 11) is 0. The quantitative estimate of drug-likeness (QED) is 0.889. The van der Waals surface area contributed by atoms with Crippen molar-refractivity contribution in [2.45, 2.75) is 31.9 Å². The zero-order valence-corrected chi connectivity index (χ0v) is 11.3. The zero-order valence-electron chi connectivity index (χ0n) is 11.3. The van der Waals surface area contributed by atoms with Crippen LogP contribution in [0.1, 0.15) is 29.6 Å². The number of nitrogens with one attached hydrogen (secondary N) is 2. The van der Waals surface area contributed by atoms with E-state index in [-0.39, 0.29) is 17.2 Å². The molecule has 1 heterocycles. The Kier molecular flexibility index (Phi) is 5.08. The Morgan fingerprint density at radius 3 is 2.95 bits per heavy atom. The maximum atomic E-state index is 12.1. The summed E-state index contributed by atoms with van der Waals surface area (Å²) in [6.07, 6.45) is 2.26. The second kappa shape index (κ2) is 7.01. The first-order valence-electron chi connectivity index (χ1n) is 6.70. The van der Waals surface area contributed by atoms with E-state index in [0.29, 0.717) is 13.0 Å². The number of rotatable bonds is 4. The molecule has 1 unspecified atom stereocenters. The summed E-state index contributed by atoms with van der Waals surface area (Å²) in [6.45, 7) is -2.35. The van der Waals surface area contributed by atoms with Crippen molar-refractivity contribution in [3.8, 4) is 5.75 Å². The van der Waals surface area contributed by atoms with Crippen LogP contribution in [0.5, 0.6) is 5.75 Å². The monoisotopic (exact) mass is 298 g/mol. The summed E-state index contributed by atoms with van der Waals surface area (Å²) in [5.41, 5.74) is 0.171. The number of halogens is 2. The number of alkyl halides is 2. The Morgan fingerprint density at radius 1 is 1.38 bits per heavy atom. The Bertz CT molecular complexity index is 523. The number of ether oxygens (including phenoxy) is 1. The lowest BCUT2D eigenvalue weighted by Gasteiger charge is -2.15. The van der Waals surface area contributed by atoms with E-state index in [1.165, 1.54) is 24.3 Å². The second-order valence-electron chi connectivity index (χ2n) is 4.72. The largest absolute Gasteiger partial charge is 0.435 e. The molecule has 21 heavy (non-hydrogen) atoms. The summed E-state index contributed by atoms with van der Waals surface area (Å²) >= 11 is 0. The van der Waals surface area contributed by atoms with Crippen molar-refractivity contribution in [3.63, 3.8) is 0 Å². The van der Waals surface area contributed by atoms with Gasteiger partial charge >= 0.3 is 6.61 Å². The van der Waals surface area contributed by atoms with Crippen LogP contribution in [-0.4, -0.2) is 31.0 Å². The predicted octanol–water partition coefficient (Wildman–Crippen LogP) is 1.69. The lowest BCUT2D eigenvalue weighted by atomic mass is 10.1. The molecule has 1 atom stereocenters. The van der Waals surface area contributed by atoms with Crippen molar-refractivity contribution in [3.05, 3.63) is 29.8 Å². The highest BCUT2D eigenvalue weighted by Gasteiger charge is 2.23. The third-order valence-corrected chi connectivity index (χ3v) is 3.16. The highest BCUT2D eigenvalue weighted by atomic mass is 19.3. The average Bonchev–Trinajstić information content (AvgIpc) is 2.64. The molecule has 1 aromatic carbocycles. The molecule has 0 spiro atoms. The van der Waals surface area contributed by atoms with Crippen LogP contribution in [0, 0.1) is 0 Å². The van der Waals surface area contributed by atoms with Gasteiger partial charge in [0.25, 0.3) is 5.91 Å². The minimum atomic E-state index is -2.95. The molecular weight excluding hydrogens is 282 g/mol. The van der Waals surface area contributed by atoms with Gasteiger partial charge in [-0.2, -0.15) is 8.78 Å². The third-order valence-electron chi connectivity index (χ3n) is 3.16. The fraction of sp³-hybridized carbons (Fsp3) is 0.429. The van der Waals surface area contributed by atoms with E-state index in [9.17, 15) is 18.4 Å². The van der Waals surface area contributed by atoms with Gasteiger partial charge in [0.15, 0.2) is 0 Å². The van der Waals surface area contributed by atoms with Crippen molar-refractivity contribution in [2.24, 2.45) is 0 Å². The number of amides is 2. The van der Waals surface area contributed by atoms with Crippen molar-refractivity contribution >= 4 is 11.8 Å². The van der Waals surface area contributed by atoms with Gasteiger partial charge in [-0.1, -0.05) is 6.07 Å². The molecule has 2 amide bonds. The van der Waals surface area contributed by atoms with Gasteiger partial charge in [-0.3, -0.25) is 9.59 Å². The van der Waals surface area contributed by atoms with Crippen molar-refractivity contribution in [1.82, 2.24) is 10.6 Å². The van der Waals surface area contributed by atoms with Crippen LogP contribution in [-0.2, 0) is 4.79 Å². The molecule has 1 aliphatic heterocycles. The van der Waals surface area contributed by atoms with Gasteiger partial charge in [-0.15, -0.1) is 0 Å². The smallest absolute Gasteiger partial charge is 0.387 e. The minimum Gasteiger partial charge on any atom is -0.435 e. The number of carbonyl (C=O) groups is 2. The van der Waals surface area contributed by atoms with Gasteiger partial charge in [0.2, 0.25) is 5.91 Å². The van der Waals surface area contributed by atoms with Gasteiger partial charge in [0.05, 0.1) is 0 Å². The SMILES string of the molecule is O=C(NC1CCCCNC1=O)c1cccc(OC(F)F)c1. The highest BCUT2D eigenvalue weighted by Crippen LogP contribution is 2.16. The van der Waals surface area contributed by atoms with Crippen LogP contribution in [0.4, 0.5) is 8.78 Å². The number of carbonyl (C=O) groups excluding carboxylic acids is 2. The van der Waals surface area contributed by atoms with Gasteiger partial charge in [-0.25, -0.2) is 0 Å². The molecule has 1 aromatic rings. The molecule has 0 bridgehead atoms. The molecule has 0 radical (unpaired) electrons. The molecule has 1 fully saturated rings. The molecule has 1 saturated heterocycles. The molecule has 0 saturated carbocycles. The minimum absolute atomic E-state index is 0.0945. The van der Waals surface area contributed by atoms with Gasteiger partial charge < -0.3 is 15.4 Å². The summed E-state index contributed by atoms with van der Waals surface area (Å²) in [5.74, 6) is -0.805. The molecule has 7 heteroatoms. The third kappa shape index (κ3) is 4.40. The lowest BCUT2D eigenvalue weighted by molar-refractivity contribution is -0.122. The van der Waals surface area contributed by atoms with Crippen molar-refractivity contribution in [2.75, 3.05) is 6.54 Å². The summed E-state index contributed by atoms with van der Waals surface area (Å²) in [6, 6.07) is 4.87.